The zero-order chi connectivity index (χ0) is 17.3. The molecule has 0 aliphatic rings. The van der Waals surface area contributed by atoms with Crippen LogP contribution in [0.1, 0.15) is 30.2 Å². The molecule has 0 bridgehead atoms. The Balaban J connectivity index is 2.26. The van der Waals surface area contributed by atoms with Crippen LogP contribution in [0.2, 0.25) is 0 Å². The molecule has 24 heavy (non-hydrogen) atoms. The summed E-state index contributed by atoms with van der Waals surface area (Å²) in [5.41, 5.74) is 2.16. The average molecular weight is 362 g/mol. The molecule has 0 aliphatic heterocycles. The summed E-state index contributed by atoms with van der Waals surface area (Å²) in [7, 11) is 0. The van der Waals surface area contributed by atoms with E-state index >= 15 is 0 Å². The van der Waals surface area contributed by atoms with Crippen LogP contribution in [0, 0.1) is 0 Å². The summed E-state index contributed by atoms with van der Waals surface area (Å²) in [6.07, 6.45) is 4.08. The van der Waals surface area contributed by atoms with Gasteiger partial charge in [0.05, 0.1) is 18.5 Å². The minimum Gasteiger partial charge on any atom is -0.301 e. The molecule has 0 fully saturated rings. The van der Waals surface area contributed by atoms with Gasteiger partial charge in [-0.2, -0.15) is 0 Å². The van der Waals surface area contributed by atoms with Crippen molar-refractivity contribution in [2.24, 2.45) is 0 Å². The molecule has 128 valence electrons. The first kappa shape index (κ1) is 19.0. The van der Waals surface area contributed by atoms with Gasteiger partial charge < -0.3 is 9.05 Å². The van der Waals surface area contributed by atoms with E-state index in [1.54, 1.807) is 0 Å². The highest BCUT2D eigenvalue weighted by molar-refractivity contribution is 8.55. The topological polar surface area (TPSA) is 35.5 Å². The van der Waals surface area contributed by atoms with E-state index in [1.807, 2.05) is 86.7 Å². The van der Waals surface area contributed by atoms with Crippen molar-refractivity contribution in [2.75, 3.05) is 13.2 Å². The van der Waals surface area contributed by atoms with Gasteiger partial charge >= 0.3 is 6.80 Å². The van der Waals surface area contributed by atoms with E-state index < -0.39 is 6.80 Å². The van der Waals surface area contributed by atoms with Gasteiger partial charge in [-0.05, 0) is 36.4 Å². The maximum Gasteiger partial charge on any atom is 0.390 e. The minimum absolute atomic E-state index is 0.115. The van der Waals surface area contributed by atoms with Crippen molar-refractivity contribution < 1.29 is 13.6 Å². The molecule has 2 aromatic rings. The maximum absolute atomic E-state index is 12.9. The van der Waals surface area contributed by atoms with Gasteiger partial charge in [-0.1, -0.05) is 72.8 Å². The molecule has 0 saturated heterocycles. The summed E-state index contributed by atoms with van der Waals surface area (Å²) >= 11 is 1.24. The molecule has 0 N–H and O–H groups in total. The van der Waals surface area contributed by atoms with Crippen molar-refractivity contribution in [1.82, 2.24) is 0 Å². The highest BCUT2D eigenvalue weighted by Crippen LogP contribution is 2.65. The lowest BCUT2D eigenvalue weighted by molar-refractivity contribution is 0.237. The maximum atomic E-state index is 12.9. The van der Waals surface area contributed by atoms with Crippen molar-refractivity contribution in [2.45, 2.75) is 19.1 Å². The van der Waals surface area contributed by atoms with Crippen LogP contribution in [-0.2, 0) is 13.6 Å². The van der Waals surface area contributed by atoms with Gasteiger partial charge in [0, 0.05) is 0 Å². The number of benzene rings is 2. The monoisotopic (exact) mass is 362 g/mol. The molecule has 1 atom stereocenters. The lowest BCUT2D eigenvalue weighted by atomic mass is 10.1. The Bertz CT molecular complexity index is 664. The highest BCUT2D eigenvalue weighted by atomic mass is 32.7. The van der Waals surface area contributed by atoms with E-state index in [0.29, 0.717) is 13.2 Å². The fourth-order valence-corrected chi connectivity index (χ4v) is 6.11. The van der Waals surface area contributed by atoms with Gasteiger partial charge in [0.2, 0.25) is 0 Å². The molecular weight excluding hydrogens is 339 g/mol. The van der Waals surface area contributed by atoms with E-state index in [0.717, 1.165) is 11.1 Å². The van der Waals surface area contributed by atoms with E-state index in [9.17, 15) is 4.57 Å². The first-order valence-corrected chi connectivity index (χ1v) is 11.1. The van der Waals surface area contributed by atoms with E-state index in [4.69, 9.17) is 9.05 Å². The standard InChI is InChI=1S/C19H23O3PS/c1-3-21-23(20,22-4-2)24-19(18-13-9-6-10-14-18)16-15-17-11-7-5-8-12-17/h5-16,19H,3-4H2,1-2H3/b16-15+. The van der Waals surface area contributed by atoms with Gasteiger partial charge in [-0.15, -0.1) is 0 Å². The van der Waals surface area contributed by atoms with Gasteiger partial charge in [-0.3, -0.25) is 0 Å². The Labute approximate surface area is 148 Å². The third kappa shape index (κ3) is 5.95. The van der Waals surface area contributed by atoms with Gasteiger partial charge in [0.25, 0.3) is 0 Å². The van der Waals surface area contributed by atoms with Gasteiger partial charge in [-0.25, -0.2) is 4.57 Å². The Kier molecular flexibility index (Phi) is 7.80. The molecular formula is C19H23O3PS. The molecule has 0 aliphatic carbocycles. The summed E-state index contributed by atoms with van der Waals surface area (Å²) in [6, 6.07) is 20.0. The van der Waals surface area contributed by atoms with Crippen LogP contribution in [0.25, 0.3) is 6.08 Å². The van der Waals surface area contributed by atoms with Gasteiger partial charge in [0.1, 0.15) is 0 Å². The molecule has 1 unspecified atom stereocenters. The Morgan fingerprint density at radius 3 is 2.04 bits per heavy atom. The van der Waals surface area contributed by atoms with Crippen LogP contribution in [-0.4, -0.2) is 13.2 Å². The summed E-state index contributed by atoms with van der Waals surface area (Å²) in [4.78, 5) is 0. The van der Waals surface area contributed by atoms with Crippen molar-refractivity contribution in [3.05, 3.63) is 77.9 Å². The molecule has 0 aromatic heterocycles. The first-order valence-electron chi connectivity index (χ1n) is 8.02. The molecule has 0 radical (unpaired) electrons. The summed E-state index contributed by atoms with van der Waals surface area (Å²) in [5, 5.41) is -0.115. The van der Waals surface area contributed by atoms with Crippen molar-refractivity contribution in [3.8, 4) is 0 Å². The van der Waals surface area contributed by atoms with E-state index in [-0.39, 0.29) is 5.25 Å². The molecule has 0 saturated carbocycles. The van der Waals surface area contributed by atoms with Crippen LogP contribution in [0.5, 0.6) is 0 Å². The SMILES string of the molecule is CCOP(=O)(OCC)SC(/C=C/c1ccccc1)c1ccccc1. The second kappa shape index (κ2) is 9.85. The second-order valence-corrected chi connectivity index (χ2v) is 9.09. The summed E-state index contributed by atoms with van der Waals surface area (Å²) < 4.78 is 23.8. The van der Waals surface area contributed by atoms with Crippen LogP contribution in [0.4, 0.5) is 0 Å². The minimum atomic E-state index is -3.20. The average Bonchev–Trinajstić information content (AvgIpc) is 2.61. The van der Waals surface area contributed by atoms with Crippen LogP contribution < -0.4 is 0 Å². The zero-order valence-electron chi connectivity index (χ0n) is 14.0. The van der Waals surface area contributed by atoms with E-state index in [1.165, 1.54) is 11.4 Å². The largest absolute Gasteiger partial charge is 0.390 e. The summed E-state index contributed by atoms with van der Waals surface area (Å²) in [5.74, 6) is 0. The predicted octanol–water partition coefficient (Wildman–Crippen LogP) is 6.36. The van der Waals surface area contributed by atoms with Crippen molar-refractivity contribution >= 4 is 24.3 Å². The second-order valence-electron chi connectivity index (χ2n) is 4.99. The first-order chi connectivity index (χ1) is 11.7. The van der Waals surface area contributed by atoms with Crippen LogP contribution >= 0.6 is 18.2 Å². The van der Waals surface area contributed by atoms with Crippen LogP contribution in [0.3, 0.4) is 0 Å². The molecule has 5 heteroatoms. The Morgan fingerprint density at radius 2 is 1.50 bits per heavy atom. The molecule has 2 aromatic carbocycles. The zero-order valence-corrected chi connectivity index (χ0v) is 15.7. The summed E-state index contributed by atoms with van der Waals surface area (Å²) in [6.45, 7) is 1.16. The highest BCUT2D eigenvalue weighted by Gasteiger charge is 2.29. The normalized spacial score (nSPS) is 13.2. The quantitative estimate of drug-likeness (QED) is 0.487. The third-order valence-corrected chi connectivity index (χ3v) is 7.36. The Morgan fingerprint density at radius 1 is 0.958 bits per heavy atom. The molecule has 2 rings (SSSR count). The van der Waals surface area contributed by atoms with Crippen molar-refractivity contribution in [1.29, 1.82) is 0 Å². The van der Waals surface area contributed by atoms with Gasteiger partial charge in [0.15, 0.2) is 0 Å². The third-order valence-electron chi connectivity index (χ3n) is 3.21. The van der Waals surface area contributed by atoms with E-state index in [2.05, 4.69) is 0 Å². The number of hydrogen-bond acceptors (Lipinski definition) is 4. The lowest BCUT2D eigenvalue weighted by Gasteiger charge is -2.20. The molecule has 0 amide bonds. The molecule has 0 spiro atoms. The lowest BCUT2D eigenvalue weighted by Crippen LogP contribution is -1.96. The molecule has 0 heterocycles. The van der Waals surface area contributed by atoms with Crippen molar-refractivity contribution in [3.63, 3.8) is 0 Å². The Hall–Kier alpha value is -1.32. The number of hydrogen-bond donors (Lipinski definition) is 0. The molecule has 3 nitrogen and oxygen atoms in total. The predicted molar refractivity (Wildman–Crippen MR) is 103 cm³/mol. The fraction of sp³-hybridized carbons (Fsp3) is 0.263. The van der Waals surface area contributed by atoms with Crippen LogP contribution in [0.15, 0.2) is 66.7 Å². The fourth-order valence-electron chi connectivity index (χ4n) is 2.17. The smallest absolute Gasteiger partial charge is 0.301 e. The number of rotatable bonds is 9.